The molecule has 440 valence electrons. The fourth-order valence-corrected chi connectivity index (χ4v) is 19.5. The topological polar surface area (TPSA) is 144 Å². The van der Waals surface area contributed by atoms with Crippen molar-refractivity contribution >= 4 is 32.1 Å². The van der Waals surface area contributed by atoms with Gasteiger partial charge in [-0.25, -0.2) is 0 Å². The van der Waals surface area contributed by atoms with Gasteiger partial charge in [0.1, 0.15) is 48.8 Å². The van der Waals surface area contributed by atoms with Gasteiger partial charge in [-0.3, -0.25) is 0 Å². The monoisotopic (exact) mass is 1210 g/mol. The van der Waals surface area contributed by atoms with E-state index in [1.54, 1.807) is 0 Å². The van der Waals surface area contributed by atoms with Gasteiger partial charge in [-0.1, -0.05) is 187 Å². The molecule has 12 unspecified atom stereocenters. The highest BCUT2D eigenvalue weighted by molar-refractivity contribution is 9.08. The van der Waals surface area contributed by atoms with E-state index < -0.39 is 90.1 Å². The average molecular weight is 1210 g/mol. The smallest absolute Gasteiger partial charge is 0.186 e. The van der Waals surface area contributed by atoms with Gasteiger partial charge < -0.3 is 58.0 Å². The minimum Gasteiger partial charge on any atom is -0.387 e. The molecule has 0 amide bonds. The minimum atomic E-state index is -1.49. The van der Waals surface area contributed by atoms with Crippen LogP contribution in [0.4, 0.5) is 0 Å². The Bertz CT molecular complexity index is 2430. The van der Waals surface area contributed by atoms with E-state index in [-0.39, 0.29) is 6.61 Å². The first kappa shape index (κ1) is 65.9. The summed E-state index contributed by atoms with van der Waals surface area (Å²) in [6, 6.07) is 46.1. The van der Waals surface area contributed by atoms with Gasteiger partial charge in [0.15, 0.2) is 25.2 Å². The van der Waals surface area contributed by atoms with Crippen LogP contribution in [0.25, 0.3) is 0 Å². The standard InChI is InChI=1S/C33H44O6Si.C19H27BrSi.C14H18O6/c1-5-19-40(20-6-2,21-7-3)22-11-12-25-15-17-26(18-16-25)23-36-31-29(34)33(35-4)38-28-24-37-32(39-30(28)31)27-13-9-8-10-14-27;1-4-13-21(14-5-2,15-6-3)16-7-8-18-9-11-19(17-20)12-10-18;1-17-14-11(16)10(15)12-9(19-14)7-18-13(20-12)8-5-3-2-4-6-8/h5-10,13-18,28-34H,1-3,11-12,19-24H2,4H3;4-6,9-12H,1-3,7-8,13-17H2;2-6,9-16H,7H2,1H3. The number of hydrogen-bond donors (Lipinski definition) is 3. The Morgan fingerprint density at radius 1 is 0.494 bits per heavy atom. The molecule has 4 saturated heterocycles. The van der Waals surface area contributed by atoms with Crippen LogP contribution in [0.5, 0.6) is 0 Å². The molecule has 0 aromatic heterocycles. The summed E-state index contributed by atoms with van der Waals surface area (Å²) in [4.78, 5) is 0. The number of halogens is 1. The molecular weight excluding hydrogens is 1120 g/mol. The molecule has 4 aromatic carbocycles. The number of aliphatic hydroxyl groups is 3. The number of rotatable bonds is 28. The summed E-state index contributed by atoms with van der Waals surface area (Å²) in [6.07, 6.45) is 8.51. The van der Waals surface area contributed by atoms with Crippen LogP contribution in [-0.2, 0) is 67.4 Å². The van der Waals surface area contributed by atoms with Crippen LogP contribution < -0.4 is 0 Å². The van der Waals surface area contributed by atoms with E-state index in [0.717, 1.165) is 53.0 Å². The van der Waals surface area contributed by atoms with Gasteiger partial charge in [0.25, 0.3) is 0 Å². The second-order valence-electron chi connectivity index (χ2n) is 21.6. The van der Waals surface area contributed by atoms with E-state index in [0.29, 0.717) is 13.2 Å². The Balaban J connectivity index is 0.000000216. The summed E-state index contributed by atoms with van der Waals surface area (Å²) in [5.74, 6) is 0. The van der Waals surface area contributed by atoms with Gasteiger partial charge in [0, 0.05) is 30.7 Å². The Kier molecular flexibility index (Phi) is 28.1. The first-order valence-corrected chi connectivity index (χ1v) is 35.2. The molecule has 4 aliphatic heterocycles. The lowest BCUT2D eigenvalue weighted by atomic mass is 9.97. The molecule has 3 N–H and O–H groups in total. The zero-order chi connectivity index (χ0) is 58.0. The number of ether oxygens (including phenoxy) is 9. The molecule has 4 aromatic rings. The first-order valence-electron chi connectivity index (χ1n) is 28.5. The van der Waals surface area contributed by atoms with E-state index in [4.69, 9.17) is 42.6 Å². The van der Waals surface area contributed by atoms with Crippen LogP contribution in [0, 0.1) is 0 Å². The highest BCUT2D eigenvalue weighted by Crippen LogP contribution is 2.38. The van der Waals surface area contributed by atoms with Crippen molar-refractivity contribution in [1.82, 2.24) is 0 Å². The molecule has 4 fully saturated rings. The maximum Gasteiger partial charge on any atom is 0.186 e. The van der Waals surface area contributed by atoms with Crippen LogP contribution in [0.15, 0.2) is 185 Å². The number of hydrogen-bond acceptors (Lipinski definition) is 12. The number of alkyl halides is 1. The van der Waals surface area contributed by atoms with Crippen LogP contribution >= 0.6 is 15.9 Å². The van der Waals surface area contributed by atoms with Gasteiger partial charge in [-0.2, -0.15) is 0 Å². The summed E-state index contributed by atoms with van der Waals surface area (Å²) >= 11 is 3.49. The lowest BCUT2D eigenvalue weighted by Gasteiger charge is -2.47. The van der Waals surface area contributed by atoms with Gasteiger partial charge in [0.05, 0.1) is 36.0 Å². The predicted octanol–water partition coefficient (Wildman–Crippen LogP) is 13.1. The van der Waals surface area contributed by atoms with Crippen LogP contribution in [0.2, 0.25) is 48.4 Å². The average Bonchev–Trinajstić information content (AvgIpc) is 3.62. The van der Waals surface area contributed by atoms with E-state index in [1.165, 1.54) is 74.0 Å². The van der Waals surface area contributed by atoms with Crippen LogP contribution in [0.1, 0.15) is 58.8 Å². The van der Waals surface area contributed by atoms with E-state index >= 15 is 0 Å². The Labute approximate surface area is 493 Å². The van der Waals surface area contributed by atoms with Gasteiger partial charge in [-0.15, -0.1) is 39.5 Å². The third kappa shape index (κ3) is 19.1. The van der Waals surface area contributed by atoms with Crippen LogP contribution in [-0.4, -0.2) is 120 Å². The molecule has 0 radical (unpaired) electrons. The molecule has 0 saturated carbocycles. The number of aliphatic hydroxyl groups excluding tert-OH is 3. The van der Waals surface area contributed by atoms with E-state index in [1.807, 2.05) is 60.7 Å². The number of methoxy groups -OCH3 is 2. The molecule has 4 heterocycles. The van der Waals surface area contributed by atoms with Gasteiger partial charge in [0.2, 0.25) is 0 Å². The summed E-state index contributed by atoms with van der Waals surface area (Å²) in [7, 11) is 0.112. The second-order valence-corrected chi connectivity index (χ2v) is 31.6. The second kappa shape index (κ2) is 34.5. The highest BCUT2D eigenvalue weighted by Gasteiger charge is 2.51. The van der Waals surface area contributed by atoms with Gasteiger partial charge >= 0.3 is 0 Å². The molecule has 0 bridgehead atoms. The zero-order valence-corrected chi connectivity index (χ0v) is 51.3. The van der Waals surface area contributed by atoms with Crippen molar-refractivity contribution < 1.29 is 58.0 Å². The molecule has 0 spiro atoms. The van der Waals surface area contributed by atoms with E-state index in [2.05, 4.69) is 140 Å². The van der Waals surface area contributed by atoms with Crippen LogP contribution in [0.3, 0.4) is 0 Å². The number of aryl methyl sites for hydroxylation is 2. The lowest BCUT2D eigenvalue weighted by molar-refractivity contribution is -0.363. The maximum absolute atomic E-state index is 11.0. The van der Waals surface area contributed by atoms with Crippen molar-refractivity contribution in [3.63, 3.8) is 0 Å². The maximum atomic E-state index is 11.0. The fraction of sp³-hybridized carbons (Fsp3) is 0.455. The molecule has 15 heteroatoms. The summed E-state index contributed by atoms with van der Waals surface area (Å²) < 4.78 is 51.7. The minimum absolute atomic E-state index is 0.272. The largest absolute Gasteiger partial charge is 0.387 e. The van der Waals surface area contributed by atoms with Crippen molar-refractivity contribution in [3.8, 4) is 0 Å². The van der Waals surface area contributed by atoms with Crippen molar-refractivity contribution in [3.05, 3.63) is 219 Å². The highest BCUT2D eigenvalue weighted by atomic mass is 79.9. The number of allylic oxidation sites excluding steroid dienone is 6. The van der Waals surface area contributed by atoms with Crippen molar-refractivity contribution in [2.45, 2.75) is 160 Å². The van der Waals surface area contributed by atoms with Crippen molar-refractivity contribution in [2.75, 3.05) is 27.4 Å². The molecule has 12 atom stereocenters. The van der Waals surface area contributed by atoms with Gasteiger partial charge in [-0.05, 0) is 71.4 Å². The predicted molar refractivity (Wildman–Crippen MR) is 331 cm³/mol. The van der Waals surface area contributed by atoms with Crippen molar-refractivity contribution in [1.29, 1.82) is 0 Å². The first-order chi connectivity index (χ1) is 39.4. The molecular formula is C66H89BrO12Si2. The SMILES string of the molecule is C=CC[Si](CC=C)(CC=C)CCCc1ccc(CBr)cc1.C=CC[Si](CC=C)(CC=C)CCCc1ccc(COC2C(O)C(OC)OC3COC(c4ccccc4)OC32)cc1.COC1OC2COC(c3ccccc3)OC2C(O)C1O. The lowest BCUT2D eigenvalue weighted by Crippen LogP contribution is -2.62. The zero-order valence-electron chi connectivity index (χ0n) is 47.7. The summed E-state index contributed by atoms with van der Waals surface area (Å²) in [6.45, 7) is 24.8. The third-order valence-electron chi connectivity index (χ3n) is 15.7. The summed E-state index contributed by atoms with van der Waals surface area (Å²) in [5.41, 5.74) is 6.91. The molecule has 4 aliphatic rings. The molecule has 81 heavy (non-hydrogen) atoms. The Morgan fingerprint density at radius 2 is 0.877 bits per heavy atom. The Morgan fingerprint density at radius 3 is 1.28 bits per heavy atom. The Hall–Kier alpha value is -4.25. The van der Waals surface area contributed by atoms with Crippen molar-refractivity contribution in [2.24, 2.45) is 0 Å². The quantitative estimate of drug-likeness (QED) is 0.0283. The molecule has 12 nitrogen and oxygen atoms in total. The number of benzene rings is 4. The van der Waals surface area contributed by atoms with E-state index in [9.17, 15) is 15.3 Å². The fourth-order valence-electron chi connectivity index (χ4n) is 11.4. The normalized spacial score (nSPS) is 26.1. The summed E-state index contributed by atoms with van der Waals surface area (Å²) in [5, 5.41) is 32.0. The molecule has 8 rings (SSSR count). The number of fused-ring (bicyclic) bond motifs is 2. The molecule has 0 aliphatic carbocycles. The third-order valence-corrected chi connectivity index (χ3v) is 26.1.